The highest BCUT2D eigenvalue weighted by Crippen LogP contribution is 2.31. The van der Waals surface area contributed by atoms with E-state index in [2.05, 4.69) is 36.2 Å². The minimum absolute atomic E-state index is 0.0199. The van der Waals surface area contributed by atoms with Crippen molar-refractivity contribution in [3.05, 3.63) is 61.9 Å². The molecule has 142 valence electrons. The summed E-state index contributed by atoms with van der Waals surface area (Å²) in [5.41, 5.74) is -0.968. The minimum atomic E-state index is -3.68. The zero-order valence-corrected chi connectivity index (χ0v) is 15.6. The van der Waals surface area contributed by atoms with Crippen molar-refractivity contribution in [1.82, 2.24) is 15.0 Å². The van der Waals surface area contributed by atoms with E-state index in [1.807, 2.05) is 0 Å². The van der Waals surface area contributed by atoms with Crippen LogP contribution in [0.4, 0.5) is 19.0 Å². The van der Waals surface area contributed by atoms with Gasteiger partial charge in [0.05, 0.1) is 15.4 Å². The number of halogens is 4. The maximum Gasteiger partial charge on any atom is 0.298 e. The van der Waals surface area contributed by atoms with E-state index in [-0.39, 0.29) is 22.1 Å². The number of aliphatic hydroxyl groups excluding tert-OH is 1. The second-order valence-corrected chi connectivity index (χ2v) is 6.68. The predicted octanol–water partition coefficient (Wildman–Crippen LogP) is 3.22. The smallest absolute Gasteiger partial charge is 0.298 e. The van der Waals surface area contributed by atoms with Crippen LogP contribution in [0.2, 0.25) is 0 Å². The van der Waals surface area contributed by atoms with Gasteiger partial charge in [-0.1, -0.05) is 12.1 Å². The maximum atomic E-state index is 14.4. The number of anilines is 1. The Morgan fingerprint density at radius 1 is 1.33 bits per heavy atom. The fourth-order valence-electron chi connectivity index (χ4n) is 2.57. The number of alkyl halides is 2. The van der Waals surface area contributed by atoms with Crippen molar-refractivity contribution >= 4 is 32.8 Å². The van der Waals surface area contributed by atoms with E-state index in [4.69, 9.17) is 5.11 Å². The summed E-state index contributed by atoms with van der Waals surface area (Å²) >= 11 is 3.12. The van der Waals surface area contributed by atoms with Crippen LogP contribution in [0.1, 0.15) is 17.0 Å². The second-order valence-electron chi connectivity index (χ2n) is 5.82. The lowest BCUT2D eigenvalue weighted by Crippen LogP contribution is -2.21. The molecule has 3 aromatic rings. The van der Waals surface area contributed by atoms with Crippen LogP contribution in [0, 0.1) is 12.7 Å². The van der Waals surface area contributed by atoms with E-state index >= 15 is 0 Å². The van der Waals surface area contributed by atoms with E-state index in [1.54, 1.807) is 6.92 Å². The molecule has 0 saturated heterocycles. The second kappa shape index (κ2) is 7.28. The predicted molar refractivity (Wildman–Crippen MR) is 97.3 cm³/mol. The van der Waals surface area contributed by atoms with E-state index in [1.165, 1.54) is 18.2 Å². The Hall–Kier alpha value is -2.46. The number of rotatable bonds is 5. The number of aromatic amines is 1. The van der Waals surface area contributed by atoms with E-state index < -0.39 is 23.9 Å². The monoisotopic (exact) mass is 442 g/mol. The van der Waals surface area contributed by atoms with Crippen LogP contribution in [-0.2, 0) is 12.5 Å². The number of aliphatic hydroxyl groups is 1. The Balaban J connectivity index is 1.97. The average Bonchev–Trinajstić information content (AvgIpc) is 2.62. The van der Waals surface area contributed by atoms with E-state index in [0.29, 0.717) is 22.7 Å². The van der Waals surface area contributed by atoms with Crippen LogP contribution < -0.4 is 10.9 Å². The SMILES string of the molecule is Cc1nc(NCc2cccc(C(F)(F)CO)c2F)c2cc(Br)c(=O)[nH]c2n1. The molecule has 0 bridgehead atoms. The van der Waals surface area contributed by atoms with Crippen LogP contribution in [0.25, 0.3) is 11.0 Å². The van der Waals surface area contributed by atoms with Gasteiger partial charge in [0.15, 0.2) is 0 Å². The summed E-state index contributed by atoms with van der Waals surface area (Å²) in [6.07, 6.45) is 0. The summed E-state index contributed by atoms with van der Waals surface area (Å²) in [5, 5.41) is 12.1. The van der Waals surface area contributed by atoms with Crippen molar-refractivity contribution in [3.63, 3.8) is 0 Å². The molecule has 2 aromatic heterocycles. The van der Waals surface area contributed by atoms with Gasteiger partial charge in [0.2, 0.25) is 0 Å². The third-order valence-electron chi connectivity index (χ3n) is 3.89. The van der Waals surface area contributed by atoms with Gasteiger partial charge in [-0.05, 0) is 35.0 Å². The number of aromatic nitrogens is 3. The lowest BCUT2D eigenvalue weighted by molar-refractivity contribution is -0.0583. The zero-order valence-electron chi connectivity index (χ0n) is 14.0. The van der Waals surface area contributed by atoms with Gasteiger partial charge < -0.3 is 15.4 Å². The van der Waals surface area contributed by atoms with Gasteiger partial charge in [-0.25, -0.2) is 14.4 Å². The first-order valence-electron chi connectivity index (χ1n) is 7.80. The molecule has 0 aliphatic rings. The average molecular weight is 443 g/mol. The Labute approximate surface area is 159 Å². The summed E-state index contributed by atoms with van der Waals surface area (Å²) in [7, 11) is 0. The summed E-state index contributed by atoms with van der Waals surface area (Å²) in [5.74, 6) is -4.10. The highest BCUT2D eigenvalue weighted by molar-refractivity contribution is 9.10. The molecular weight excluding hydrogens is 429 g/mol. The first kappa shape index (κ1) is 19.3. The molecule has 0 aliphatic heterocycles. The molecule has 0 fully saturated rings. The fourth-order valence-corrected chi connectivity index (χ4v) is 2.90. The van der Waals surface area contributed by atoms with Crippen LogP contribution in [0.15, 0.2) is 33.5 Å². The molecule has 0 aliphatic carbocycles. The number of pyridine rings is 1. The molecule has 6 nitrogen and oxygen atoms in total. The fraction of sp³-hybridized carbons (Fsp3) is 0.235. The normalized spacial score (nSPS) is 11.8. The number of aryl methyl sites for hydroxylation is 1. The molecule has 3 N–H and O–H groups in total. The standard InChI is InChI=1S/C17H14BrF3N4O2/c1-8-23-14(10-5-12(18)16(27)25-15(10)24-8)22-6-9-3-2-4-11(13(9)19)17(20,21)7-26/h2-5,26H,6-7H2,1H3,(H2,22,23,24,25,27). The summed E-state index contributed by atoms with van der Waals surface area (Å²) in [4.78, 5) is 22.7. The highest BCUT2D eigenvalue weighted by Gasteiger charge is 2.34. The molecule has 0 amide bonds. The third kappa shape index (κ3) is 3.81. The molecule has 0 saturated carbocycles. The minimum Gasteiger partial charge on any atom is -0.390 e. The maximum absolute atomic E-state index is 14.4. The van der Waals surface area contributed by atoms with Gasteiger partial charge in [0.1, 0.15) is 29.7 Å². The van der Waals surface area contributed by atoms with Crippen molar-refractivity contribution in [2.24, 2.45) is 0 Å². The lowest BCUT2D eigenvalue weighted by Gasteiger charge is -2.17. The summed E-state index contributed by atoms with van der Waals surface area (Å²) in [6, 6.07) is 5.09. The van der Waals surface area contributed by atoms with Crippen LogP contribution in [0.5, 0.6) is 0 Å². The number of H-pyrrole nitrogens is 1. The molecule has 27 heavy (non-hydrogen) atoms. The number of fused-ring (bicyclic) bond motifs is 1. The van der Waals surface area contributed by atoms with Gasteiger partial charge in [-0.3, -0.25) is 4.79 Å². The molecule has 2 heterocycles. The molecule has 3 rings (SSSR count). The van der Waals surface area contributed by atoms with Crippen LogP contribution in [-0.4, -0.2) is 26.7 Å². The molecule has 0 spiro atoms. The van der Waals surface area contributed by atoms with Crippen molar-refractivity contribution in [1.29, 1.82) is 0 Å². The molecule has 0 radical (unpaired) electrons. The molecule has 1 aromatic carbocycles. The lowest BCUT2D eigenvalue weighted by atomic mass is 10.0. The van der Waals surface area contributed by atoms with Gasteiger partial charge in [-0.15, -0.1) is 0 Å². The van der Waals surface area contributed by atoms with Crippen molar-refractivity contribution in [2.45, 2.75) is 19.4 Å². The molecular formula is C17H14BrF3N4O2. The van der Waals surface area contributed by atoms with Crippen molar-refractivity contribution < 1.29 is 18.3 Å². The van der Waals surface area contributed by atoms with Gasteiger partial charge in [-0.2, -0.15) is 8.78 Å². The van der Waals surface area contributed by atoms with Crippen LogP contribution >= 0.6 is 15.9 Å². The van der Waals surface area contributed by atoms with E-state index in [9.17, 15) is 18.0 Å². The molecule has 10 heteroatoms. The molecule has 0 unspecified atom stereocenters. The number of nitrogens with one attached hydrogen (secondary N) is 2. The van der Waals surface area contributed by atoms with Crippen molar-refractivity contribution in [2.75, 3.05) is 11.9 Å². The first-order chi connectivity index (χ1) is 12.7. The zero-order chi connectivity index (χ0) is 19.8. The topological polar surface area (TPSA) is 90.9 Å². The van der Waals surface area contributed by atoms with E-state index in [0.717, 1.165) is 6.07 Å². The Bertz CT molecular complexity index is 1070. The molecule has 0 atom stereocenters. The number of nitrogens with zero attached hydrogens (tertiary/aromatic N) is 2. The summed E-state index contributed by atoms with van der Waals surface area (Å²) < 4.78 is 42.0. The number of benzene rings is 1. The van der Waals surface area contributed by atoms with Gasteiger partial charge in [0.25, 0.3) is 11.5 Å². The third-order valence-corrected chi connectivity index (χ3v) is 4.48. The number of hydrogen-bond donors (Lipinski definition) is 3. The Morgan fingerprint density at radius 2 is 2.07 bits per heavy atom. The van der Waals surface area contributed by atoms with Gasteiger partial charge >= 0.3 is 0 Å². The summed E-state index contributed by atoms with van der Waals surface area (Å²) in [6.45, 7) is -0.00456. The van der Waals surface area contributed by atoms with Crippen molar-refractivity contribution in [3.8, 4) is 0 Å². The Kier molecular flexibility index (Phi) is 5.20. The number of hydrogen-bond acceptors (Lipinski definition) is 5. The van der Waals surface area contributed by atoms with Crippen LogP contribution in [0.3, 0.4) is 0 Å². The first-order valence-corrected chi connectivity index (χ1v) is 8.60. The largest absolute Gasteiger partial charge is 0.390 e. The quantitative estimate of drug-likeness (QED) is 0.564. The Morgan fingerprint density at radius 3 is 2.78 bits per heavy atom. The van der Waals surface area contributed by atoms with Gasteiger partial charge in [0, 0.05) is 12.1 Å². The highest BCUT2D eigenvalue weighted by atomic mass is 79.9.